The van der Waals surface area contributed by atoms with E-state index in [0.717, 1.165) is 186 Å². The number of halogens is 3. The van der Waals surface area contributed by atoms with Crippen molar-refractivity contribution in [3.05, 3.63) is 300 Å². The number of fused-ring (bicyclic) bond motifs is 6. The summed E-state index contributed by atoms with van der Waals surface area (Å²) in [7, 11) is 15.8. The predicted octanol–water partition coefficient (Wildman–Crippen LogP) is 14.1. The zero-order chi connectivity index (χ0) is 98.1. The number of ether oxygens (including phenoxy) is 5. The minimum atomic E-state index is -0.450. The van der Waals surface area contributed by atoms with Gasteiger partial charge in [-0.05, 0) is 228 Å². The van der Waals surface area contributed by atoms with Gasteiger partial charge in [0.05, 0.1) is 87.3 Å². The number of nitrogens with two attached hydrogens (primary N) is 1. The molecule has 33 heteroatoms. The van der Waals surface area contributed by atoms with Crippen LogP contribution in [0.15, 0.2) is 254 Å². The summed E-state index contributed by atoms with van der Waals surface area (Å²) in [5.74, 6) is 0.910. The van der Waals surface area contributed by atoms with Gasteiger partial charge >= 0.3 is 0 Å². The first kappa shape index (κ1) is 96.8. The third-order valence-corrected chi connectivity index (χ3v) is 26.8. The number of hydrogen-bond acceptors (Lipinski definition) is 25. The van der Waals surface area contributed by atoms with Crippen LogP contribution in [0, 0.1) is 24.4 Å². The molecule has 30 nitrogen and oxygen atoms in total. The number of likely N-dealkylation sites (N-methyl/N-ethyl adjacent to an activating group) is 2. The van der Waals surface area contributed by atoms with Crippen LogP contribution in [0.2, 0.25) is 0 Å². The summed E-state index contributed by atoms with van der Waals surface area (Å²) in [6.45, 7) is 18.5. The number of hydrogen-bond donors (Lipinski definition) is 2. The lowest BCUT2D eigenvalue weighted by Gasteiger charge is -2.36. The van der Waals surface area contributed by atoms with Crippen LogP contribution in [0.25, 0.3) is 95.0 Å². The van der Waals surface area contributed by atoms with Crippen LogP contribution < -0.4 is 87.0 Å². The van der Waals surface area contributed by atoms with E-state index in [1.54, 1.807) is 103 Å². The Kier molecular flexibility index (Phi) is 29.7. The monoisotopic (exact) mass is 1900 g/mol. The van der Waals surface area contributed by atoms with E-state index in [1.165, 1.54) is 51.7 Å². The Labute approximate surface area is 807 Å². The van der Waals surface area contributed by atoms with Crippen molar-refractivity contribution >= 4 is 67.4 Å². The largest absolute Gasteiger partial charge is 0.494 e. The number of aryl methyl sites for hydroxylation is 1. The van der Waals surface area contributed by atoms with E-state index in [4.69, 9.17) is 38.8 Å². The van der Waals surface area contributed by atoms with Crippen molar-refractivity contribution in [2.45, 2.75) is 64.1 Å². The quantitative estimate of drug-likeness (QED) is 0.0807. The molecule has 12 aromatic heterocycles. The topological polar surface area (TPSA) is 282 Å². The van der Waals surface area contributed by atoms with Crippen molar-refractivity contribution in [3.8, 4) is 84.8 Å². The molecule has 1 unspecified atom stereocenters. The Bertz CT molecular complexity index is 7530. The van der Waals surface area contributed by atoms with Crippen molar-refractivity contribution < 1.29 is 41.3 Å². The Hall–Kier alpha value is -14.9. The molecular weight excluding hydrogens is 1780 g/mol. The highest BCUT2D eigenvalue weighted by molar-refractivity contribution is 5.80. The van der Waals surface area contributed by atoms with Gasteiger partial charge in [-0.2, -0.15) is 0 Å². The molecule has 5 fully saturated rings. The molecule has 21 rings (SSSR count). The summed E-state index contributed by atoms with van der Waals surface area (Å²) in [6, 6.07) is 56.2. The van der Waals surface area contributed by atoms with E-state index < -0.39 is 17.5 Å². The van der Waals surface area contributed by atoms with Gasteiger partial charge < -0.3 is 78.4 Å². The number of piperazine rings is 2. The lowest BCUT2D eigenvalue weighted by atomic mass is 10.0. The highest BCUT2D eigenvalue weighted by atomic mass is 19.1. The predicted molar refractivity (Wildman–Crippen MR) is 546 cm³/mol. The highest BCUT2D eigenvalue weighted by Crippen LogP contribution is 2.35. The molecule has 0 amide bonds. The number of pyridine rings is 9. The molecule has 5 saturated heterocycles. The molecular formula is C107H116F3N19O11. The van der Waals surface area contributed by atoms with E-state index >= 15 is 0 Å². The normalized spacial score (nSPS) is 15.5. The van der Waals surface area contributed by atoms with Gasteiger partial charge in [0.2, 0.25) is 0 Å². The minimum absolute atomic E-state index is 0.0899. The molecule has 0 bridgehead atoms. The van der Waals surface area contributed by atoms with Crippen LogP contribution in [0.4, 0.5) is 41.6 Å². The number of oxazole rings is 1. The number of piperidine rings is 2. The standard InChI is InChI=1S/C23H26FN3O2.C22H24FN3O2.C22H23N5O2.C21H22FN3O2.C19H21N5O3/c1-25(2)18-8-10-26(11-9-18)20-6-5-19-12-17(14-23(28)27(19)15-20)16-4-7-22(29-3)21(24)13-16;1-24(2)18-8-9-25(13-18)19-6-5-17-10-16(12-22(27)26(17)14-19)15-4-7-21(28-3)20(23)11-15;1-3-25-8-10-26(11-9-25)17-5-7-21-24-19(13-22(28)27(21)14-17)16-4-6-18-20(12-16)29-15(2)23-18;1-27-20-5-2-14(11-19(20)22)15-10-17-3-4-18(13-25(17)21(26)12-15)24-8-6-16(23)7-9-24;1-26-16-9-14(21-11-17(16)27-2)15-10-19(25)24-12-13(3-4-18(24)22-15)23-7-5-20-6-8-23/h4-7,12-15,18H,8-11H2,1-3H3;4-7,10-12,14,18H,8-9,13H2,1-3H3;4-7,12-14H,3,8-11H2,1-2H3;2-5,10-13,16H,6-9,23H2,1H3;3-4,9-12,20H,5-8H2,1-2H3. The average molecular weight is 1900 g/mol. The summed E-state index contributed by atoms with van der Waals surface area (Å²) < 4.78 is 81.3. The number of rotatable bonds is 18. The molecule has 0 radical (unpaired) electrons. The molecule has 5 aliphatic rings. The summed E-state index contributed by atoms with van der Waals surface area (Å²) in [4.78, 5) is 100. The minimum Gasteiger partial charge on any atom is -0.494 e. The molecule has 0 aliphatic carbocycles. The molecule has 5 aliphatic heterocycles. The zero-order valence-corrected chi connectivity index (χ0v) is 80.5. The first-order chi connectivity index (χ1) is 67.8. The number of nitrogens with zero attached hydrogens (tertiary/aromatic N) is 17. The number of anilines is 5. The third-order valence-electron chi connectivity index (χ3n) is 26.8. The van der Waals surface area contributed by atoms with Crippen LogP contribution in [0.1, 0.15) is 44.9 Å². The Morgan fingerprint density at radius 1 is 0.379 bits per heavy atom. The molecule has 726 valence electrons. The van der Waals surface area contributed by atoms with Gasteiger partial charge in [-0.3, -0.25) is 51.0 Å². The Morgan fingerprint density at radius 2 is 0.771 bits per heavy atom. The van der Waals surface area contributed by atoms with Gasteiger partial charge in [-0.1, -0.05) is 31.2 Å². The third kappa shape index (κ3) is 21.8. The second kappa shape index (κ2) is 43.0. The maximum absolute atomic E-state index is 14.1. The van der Waals surface area contributed by atoms with Gasteiger partial charge in [-0.25, -0.2) is 28.1 Å². The van der Waals surface area contributed by atoms with Crippen LogP contribution >= 0.6 is 0 Å². The first-order valence-corrected chi connectivity index (χ1v) is 47.1. The van der Waals surface area contributed by atoms with Crippen molar-refractivity contribution in [2.24, 2.45) is 5.73 Å². The van der Waals surface area contributed by atoms with Crippen LogP contribution in [0.3, 0.4) is 0 Å². The number of aromatic nitrogens is 9. The fraction of sp³-hybridized carbons (Fsp3) is 0.318. The van der Waals surface area contributed by atoms with Crippen LogP contribution in [-0.4, -0.2) is 237 Å². The van der Waals surface area contributed by atoms with E-state index in [9.17, 15) is 37.1 Å². The van der Waals surface area contributed by atoms with Crippen LogP contribution in [-0.2, 0) is 0 Å². The number of methoxy groups -OCH3 is 5. The molecule has 0 saturated carbocycles. The molecule has 140 heavy (non-hydrogen) atoms. The maximum Gasteiger partial charge on any atom is 0.258 e. The van der Waals surface area contributed by atoms with Gasteiger partial charge in [0, 0.05) is 206 Å². The zero-order valence-electron chi connectivity index (χ0n) is 80.5. The van der Waals surface area contributed by atoms with Crippen LogP contribution in [0.5, 0.6) is 28.7 Å². The number of benzene rings is 4. The van der Waals surface area contributed by atoms with E-state index in [-0.39, 0.29) is 51.1 Å². The van der Waals surface area contributed by atoms with E-state index in [0.29, 0.717) is 96.8 Å². The van der Waals surface area contributed by atoms with Crippen molar-refractivity contribution in [3.63, 3.8) is 0 Å². The van der Waals surface area contributed by atoms with Gasteiger partial charge in [0.15, 0.2) is 57.7 Å². The molecule has 1 atom stereocenters. The van der Waals surface area contributed by atoms with Crippen molar-refractivity contribution in [2.75, 3.05) is 186 Å². The summed E-state index contributed by atoms with van der Waals surface area (Å²) in [5.41, 5.74) is 22.1. The van der Waals surface area contributed by atoms with E-state index in [2.05, 4.69) is 107 Å². The second-order valence-electron chi connectivity index (χ2n) is 35.9. The molecule has 4 aromatic carbocycles. The summed E-state index contributed by atoms with van der Waals surface area (Å²) in [5, 5.41) is 3.33. The average Bonchev–Trinajstić information content (AvgIpc) is 1.33. The lowest BCUT2D eigenvalue weighted by molar-refractivity contribution is 0.249. The molecule has 17 heterocycles. The second-order valence-corrected chi connectivity index (χ2v) is 35.9. The number of nitrogens with one attached hydrogen (secondary N) is 1. The van der Waals surface area contributed by atoms with E-state index in [1.807, 2.05) is 123 Å². The summed E-state index contributed by atoms with van der Waals surface area (Å²) >= 11 is 0. The van der Waals surface area contributed by atoms with Gasteiger partial charge in [0.1, 0.15) is 16.8 Å². The fourth-order valence-corrected chi connectivity index (χ4v) is 18.6. The first-order valence-electron chi connectivity index (χ1n) is 47.1. The summed E-state index contributed by atoms with van der Waals surface area (Å²) in [6.07, 6.45) is 16.2. The lowest BCUT2D eigenvalue weighted by Crippen LogP contribution is -2.46. The SMILES string of the molecule is CCN1CCN(c2ccc3nc(-c4ccc5nc(C)oc5c4)cc(=O)n3c2)CC1.COc1ccc(-c2cc(=O)n3cc(N4CCC(N(C)C)C4)ccc3c2)cc1F.COc1ccc(-c2cc(=O)n3cc(N4CCC(N(C)C)CC4)ccc3c2)cc1F.COc1ccc(-c2cc(=O)n3cc(N4CCC(N)CC4)ccc3c2)cc1F.COc1cnc(-c2cc(=O)n3cc(N4CCNCC4)ccc3n2)cc1OC. The molecule has 0 spiro atoms. The highest BCUT2D eigenvalue weighted by Gasteiger charge is 2.28. The maximum atomic E-state index is 14.1. The van der Waals surface area contributed by atoms with Gasteiger partial charge in [-0.15, -0.1) is 0 Å². The molecule has 16 aromatic rings. The Morgan fingerprint density at radius 3 is 1.21 bits per heavy atom. The Balaban J connectivity index is 0.000000121. The smallest absolute Gasteiger partial charge is 0.258 e. The molecule has 3 N–H and O–H groups in total. The fourth-order valence-electron chi connectivity index (χ4n) is 18.6. The van der Waals surface area contributed by atoms with Crippen molar-refractivity contribution in [1.82, 2.24) is 62.0 Å². The van der Waals surface area contributed by atoms with Crippen molar-refractivity contribution in [1.29, 1.82) is 0 Å². The van der Waals surface area contributed by atoms with Gasteiger partial charge in [0.25, 0.3) is 27.8 Å².